The number of carbonyl (C=O) groups excluding carboxylic acids is 2. The number of nitrogens with zero attached hydrogens (tertiary/aromatic N) is 1. The number of benzene rings is 2. The molecule has 2 aromatic carbocycles. The molecule has 1 atom stereocenters. The van der Waals surface area contributed by atoms with E-state index in [1.54, 1.807) is 42.5 Å². The number of hydrogen-bond donors (Lipinski definition) is 1. The van der Waals surface area contributed by atoms with E-state index in [2.05, 4.69) is 0 Å². The van der Waals surface area contributed by atoms with E-state index in [1.807, 2.05) is 13.8 Å². The Morgan fingerprint density at radius 2 is 1.84 bits per heavy atom. The van der Waals surface area contributed by atoms with E-state index in [9.17, 15) is 14.7 Å². The highest BCUT2D eigenvalue weighted by Gasteiger charge is 2.46. The third kappa shape index (κ3) is 4.02. The molecule has 2 aromatic rings. The minimum atomic E-state index is -0.717. The number of ether oxygens (including phenoxy) is 3. The summed E-state index contributed by atoms with van der Waals surface area (Å²) in [6.45, 7) is 5.77. The first kappa shape index (κ1) is 21.7. The highest BCUT2D eigenvalue weighted by Crippen LogP contribution is 2.42. The maximum Gasteiger partial charge on any atom is 0.295 e. The second kappa shape index (κ2) is 9.34. The zero-order chi connectivity index (χ0) is 22.7. The Morgan fingerprint density at radius 3 is 2.59 bits per heavy atom. The number of Topliss-reactive ketones (excluding diaryl/α,β-unsaturated/α-hetero) is 1. The summed E-state index contributed by atoms with van der Waals surface area (Å²) in [4.78, 5) is 27.4. The monoisotopic (exact) mass is 437 g/mol. The van der Waals surface area contributed by atoms with Gasteiger partial charge in [0.25, 0.3) is 11.7 Å². The third-order valence-electron chi connectivity index (χ3n) is 5.47. The van der Waals surface area contributed by atoms with E-state index in [0.29, 0.717) is 61.2 Å². The summed E-state index contributed by atoms with van der Waals surface area (Å²) in [5.74, 6) is 0.236. The topological polar surface area (TPSA) is 85.3 Å². The van der Waals surface area contributed by atoms with Gasteiger partial charge in [-0.2, -0.15) is 0 Å². The highest BCUT2D eigenvalue weighted by molar-refractivity contribution is 6.46. The summed E-state index contributed by atoms with van der Waals surface area (Å²) in [6, 6.07) is 11.6. The van der Waals surface area contributed by atoms with Crippen LogP contribution >= 0.6 is 0 Å². The van der Waals surface area contributed by atoms with E-state index < -0.39 is 17.7 Å². The molecule has 2 aliphatic rings. The molecule has 2 heterocycles. The van der Waals surface area contributed by atoms with Gasteiger partial charge < -0.3 is 24.2 Å². The molecule has 2 aliphatic heterocycles. The van der Waals surface area contributed by atoms with Gasteiger partial charge in [0, 0.05) is 12.1 Å². The second-order valence-electron chi connectivity index (χ2n) is 7.77. The van der Waals surface area contributed by atoms with Gasteiger partial charge in [-0.3, -0.25) is 9.59 Å². The molecule has 4 rings (SSSR count). The Morgan fingerprint density at radius 1 is 1.06 bits per heavy atom. The summed E-state index contributed by atoms with van der Waals surface area (Å²) in [5, 5.41) is 11.2. The van der Waals surface area contributed by atoms with Crippen molar-refractivity contribution in [1.82, 2.24) is 4.90 Å². The van der Waals surface area contributed by atoms with E-state index >= 15 is 0 Å². The van der Waals surface area contributed by atoms with Crippen LogP contribution in [0.2, 0.25) is 0 Å². The van der Waals surface area contributed by atoms with E-state index in [-0.39, 0.29) is 11.3 Å². The second-order valence-corrected chi connectivity index (χ2v) is 7.77. The van der Waals surface area contributed by atoms with Gasteiger partial charge in [0.05, 0.1) is 18.2 Å². The maximum absolute atomic E-state index is 13.0. The molecule has 0 saturated carbocycles. The van der Waals surface area contributed by atoms with Gasteiger partial charge in [-0.1, -0.05) is 32.0 Å². The molecular formula is C25H27NO6. The lowest BCUT2D eigenvalue weighted by Gasteiger charge is -2.26. The Balaban J connectivity index is 1.81. The van der Waals surface area contributed by atoms with Crippen molar-refractivity contribution in [2.24, 2.45) is 0 Å². The van der Waals surface area contributed by atoms with Crippen LogP contribution in [0.3, 0.4) is 0 Å². The lowest BCUT2D eigenvalue weighted by atomic mass is 9.94. The fourth-order valence-electron chi connectivity index (χ4n) is 4.04. The number of aliphatic hydroxyl groups excluding tert-OH is 1. The van der Waals surface area contributed by atoms with Gasteiger partial charge in [0.2, 0.25) is 0 Å². The summed E-state index contributed by atoms with van der Waals surface area (Å²) < 4.78 is 17.0. The first-order chi connectivity index (χ1) is 15.5. The molecule has 32 heavy (non-hydrogen) atoms. The molecule has 0 aromatic heterocycles. The van der Waals surface area contributed by atoms with Gasteiger partial charge in [-0.15, -0.1) is 0 Å². The Labute approximate surface area is 187 Å². The first-order valence-electron chi connectivity index (χ1n) is 11.0. The zero-order valence-electron chi connectivity index (χ0n) is 18.3. The largest absolute Gasteiger partial charge is 0.507 e. The summed E-state index contributed by atoms with van der Waals surface area (Å²) in [5.41, 5.74) is 1.17. The lowest BCUT2D eigenvalue weighted by molar-refractivity contribution is -0.139. The number of aliphatic hydroxyl groups is 1. The quantitative estimate of drug-likeness (QED) is 0.399. The minimum absolute atomic E-state index is 0.0627. The molecule has 1 amide bonds. The van der Waals surface area contributed by atoms with E-state index in [0.717, 1.165) is 6.42 Å². The van der Waals surface area contributed by atoms with Crippen molar-refractivity contribution in [2.45, 2.75) is 32.7 Å². The molecule has 0 spiro atoms. The molecular weight excluding hydrogens is 410 g/mol. The van der Waals surface area contributed by atoms with Gasteiger partial charge in [0.1, 0.15) is 24.7 Å². The zero-order valence-corrected chi connectivity index (χ0v) is 18.3. The van der Waals surface area contributed by atoms with Crippen LogP contribution in [0.4, 0.5) is 0 Å². The number of hydrogen-bond acceptors (Lipinski definition) is 6. The molecule has 7 nitrogen and oxygen atoms in total. The summed E-state index contributed by atoms with van der Waals surface area (Å²) >= 11 is 0. The molecule has 1 fully saturated rings. The predicted octanol–water partition coefficient (Wildman–Crippen LogP) is 4.08. The number of carbonyl (C=O) groups is 2. The number of rotatable bonds is 7. The molecule has 1 N–H and O–H groups in total. The molecule has 1 unspecified atom stereocenters. The van der Waals surface area contributed by atoms with Gasteiger partial charge in [-0.05, 0) is 42.7 Å². The average Bonchev–Trinajstić information content (AvgIpc) is 3.07. The van der Waals surface area contributed by atoms with Crippen LogP contribution in [0.15, 0.2) is 48.0 Å². The number of fused-ring (bicyclic) bond motifs is 1. The standard InChI is InChI=1S/C25H27NO6/c1-3-10-26-22(16-8-9-19-20(15-16)32-13-12-31-19)21(24(28)25(26)29)23(27)17-6-5-7-18(14-17)30-11-4-2/h5-9,14-15,22,27H,3-4,10-13H2,1-2H3/b23-21-. The van der Waals surface area contributed by atoms with E-state index in [4.69, 9.17) is 14.2 Å². The number of likely N-dealkylation sites (tertiary alicyclic amines) is 1. The first-order valence-corrected chi connectivity index (χ1v) is 11.0. The molecule has 1 saturated heterocycles. The van der Waals surface area contributed by atoms with Crippen LogP contribution in [-0.2, 0) is 9.59 Å². The van der Waals surface area contributed by atoms with Crippen LogP contribution in [0.5, 0.6) is 17.2 Å². The molecule has 168 valence electrons. The molecule has 0 radical (unpaired) electrons. The predicted molar refractivity (Wildman–Crippen MR) is 119 cm³/mol. The van der Waals surface area contributed by atoms with Crippen LogP contribution in [0.1, 0.15) is 43.9 Å². The van der Waals surface area contributed by atoms with Crippen molar-refractivity contribution < 1.29 is 28.9 Å². The van der Waals surface area contributed by atoms with Crippen molar-refractivity contribution in [2.75, 3.05) is 26.4 Å². The third-order valence-corrected chi connectivity index (χ3v) is 5.47. The number of amides is 1. The highest BCUT2D eigenvalue weighted by atomic mass is 16.6. The van der Waals surface area contributed by atoms with Gasteiger partial charge >= 0.3 is 0 Å². The Kier molecular flexibility index (Phi) is 6.35. The molecule has 0 bridgehead atoms. The normalized spacial score (nSPS) is 19.3. The maximum atomic E-state index is 13.0. The average molecular weight is 437 g/mol. The van der Waals surface area contributed by atoms with Gasteiger partial charge in [-0.25, -0.2) is 0 Å². The Bertz CT molecular complexity index is 1060. The molecule has 7 heteroatoms. The lowest BCUT2D eigenvalue weighted by Crippen LogP contribution is -2.30. The Hall–Kier alpha value is -3.48. The van der Waals surface area contributed by atoms with Crippen molar-refractivity contribution in [1.29, 1.82) is 0 Å². The van der Waals surface area contributed by atoms with Gasteiger partial charge in [0.15, 0.2) is 11.5 Å². The van der Waals surface area contributed by atoms with Crippen LogP contribution < -0.4 is 14.2 Å². The van der Waals surface area contributed by atoms with E-state index in [1.165, 1.54) is 4.90 Å². The fraction of sp³-hybridized carbons (Fsp3) is 0.360. The van der Waals surface area contributed by atoms with Crippen molar-refractivity contribution in [3.63, 3.8) is 0 Å². The van der Waals surface area contributed by atoms with Crippen molar-refractivity contribution in [3.05, 3.63) is 59.2 Å². The SMILES string of the molecule is CCCOc1cccc(/C(O)=C2/C(=O)C(=O)N(CCC)C2c2ccc3c(c2)OCCO3)c1. The van der Waals surface area contributed by atoms with Crippen molar-refractivity contribution in [3.8, 4) is 17.2 Å². The summed E-state index contributed by atoms with van der Waals surface area (Å²) in [7, 11) is 0. The minimum Gasteiger partial charge on any atom is -0.507 e. The van der Waals surface area contributed by atoms with Crippen LogP contribution in [0, 0.1) is 0 Å². The summed E-state index contributed by atoms with van der Waals surface area (Å²) in [6.07, 6.45) is 1.52. The van der Waals surface area contributed by atoms with Crippen molar-refractivity contribution >= 4 is 17.4 Å². The molecule has 0 aliphatic carbocycles. The number of ketones is 1. The smallest absolute Gasteiger partial charge is 0.295 e. The van der Waals surface area contributed by atoms with Crippen LogP contribution in [-0.4, -0.2) is 48.1 Å². The fourth-order valence-corrected chi connectivity index (χ4v) is 4.04. The van der Waals surface area contributed by atoms with Crippen LogP contribution in [0.25, 0.3) is 5.76 Å².